The monoisotopic (exact) mass is 451 g/mol. The van der Waals surface area contributed by atoms with Gasteiger partial charge >= 0.3 is 0 Å². The predicted molar refractivity (Wildman–Crippen MR) is 129 cm³/mol. The van der Waals surface area contributed by atoms with Gasteiger partial charge in [0.15, 0.2) is 5.76 Å². The zero-order valence-electron chi connectivity index (χ0n) is 18.5. The molecule has 2 aromatic heterocycles. The Morgan fingerprint density at radius 2 is 1.71 bits per heavy atom. The number of H-pyrrole nitrogens is 1. The number of para-hydroxylation sites is 1. The summed E-state index contributed by atoms with van der Waals surface area (Å²) in [7, 11) is 0. The van der Waals surface area contributed by atoms with Crippen LogP contribution in [0.25, 0.3) is 22.2 Å². The molecule has 7 nitrogen and oxygen atoms in total. The van der Waals surface area contributed by atoms with Crippen molar-refractivity contribution in [3.8, 4) is 17.0 Å². The molecule has 2 heterocycles. The second-order valence-electron chi connectivity index (χ2n) is 8.02. The second kappa shape index (κ2) is 8.37. The van der Waals surface area contributed by atoms with E-state index in [4.69, 9.17) is 4.42 Å². The second-order valence-corrected chi connectivity index (χ2v) is 8.02. The van der Waals surface area contributed by atoms with Crippen molar-refractivity contribution in [1.29, 1.82) is 0 Å². The van der Waals surface area contributed by atoms with Crippen molar-refractivity contribution < 1.29 is 19.1 Å². The van der Waals surface area contributed by atoms with Gasteiger partial charge in [0, 0.05) is 16.5 Å². The Balaban J connectivity index is 1.50. The van der Waals surface area contributed by atoms with E-state index in [2.05, 4.69) is 15.5 Å². The standard InChI is InChI=1S/C27H21N3O4/c1-15-12-13-18(24(31)16(15)2)20-14-21(30-29-20)27(33)28-23-19-10-6-7-11-22(19)34-26(23)25(32)17-8-4-3-5-9-17/h3-14,31H,1-2H3,(H,28,33)(H,29,30). The molecular formula is C27H21N3O4. The minimum absolute atomic E-state index is 0.0484. The van der Waals surface area contributed by atoms with Crippen molar-refractivity contribution >= 4 is 28.3 Å². The molecule has 34 heavy (non-hydrogen) atoms. The van der Waals surface area contributed by atoms with Crippen molar-refractivity contribution in [2.75, 3.05) is 5.32 Å². The van der Waals surface area contributed by atoms with E-state index in [1.54, 1.807) is 60.7 Å². The number of rotatable bonds is 5. The summed E-state index contributed by atoms with van der Waals surface area (Å²) in [5.41, 5.74) is 4.07. The molecule has 5 aromatic rings. The number of ketones is 1. The number of carbonyl (C=O) groups is 2. The van der Waals surface area contributed by atoms with Gasteiger partial charge in [0.1, 0.15) is 17.0 Å². The lowest BCUT2D eigenvalue weighted by atomic mass is 10.0. The van der Waals surface area contributed by atoms with Crippen LogP contribution in [0.5, 0.6) is 5.75 Å². The van der Waals surface area contributed by atoms with Gasteiger partial charge in [0.25, 0.3) is 5.91 Å². The zero-order valence-corrected chi connectivity index (χ0v) is 18.5. The molecule has 0 aliphatic carbocycles. The van der Waals surface area contributed by atoms with E-state index in [-0.39, 0.29) is 23.0 Å². The number of carbonyl (C=O) groups excluding carboxylic acids is 2. The molecule has 0 fully saturated rings. The highest BCUT2D eigenvalue weighted by Crippen LogP contribution is 2.34. The number of furan rings is 1. The minimum atomic E-state index is -0.490. The van der Waals surface area contributed by atoms with Gasteiger partial charge < -0.3 is 14.8 Å². The molecule has 0 aliphatic rings. The van der Waals surface area contributed by atoms with Crippen LogP contribution in [0, 0.1) is 13.8 Å². The summed E-state index contributed by atoms with van der Waals surface area (Å²) < 4.78 is 5.84. The summed E-state index contributed by atoms with van der Waals surface area (Å²) >= 11 is 0. The normalized spacial score (nSPS) is 11.0. The summed E-state index contributed by atoms with van der Waals surface area (Å²) in [6.45, 7) is 3.73. The molecule has 168 valence electrons. The van der Waals surface area contributed by atoms with Gasteiger partial charge in [0.05, 0.1) is 11.4 Å². The Morgan fingerprint density at radius 3 is 2.50 bits per heavy atom. The lowest BCUT2D eigenvalue weighted by Crippen LogP contribution is -2.14. The number of aromatic nitrogens is 2. The van der Waals surface area contributed by atoms with E-state index >= 15 is 0 Å². The minimum Gasteiger partial charge on any atom is -0.507 e. The van der Waals surface area contributed by atoms with E-state index in [0.717, 1.165) is 11.1 Å². The van der Waals surface area contributed by atoms with Crippen LogP contribution in [0.1, 0.15) is 37.7 Å². The fourth-order valence-corrected chi connectivity index (χ4v) is 3.81. The zero-order chi connectivity index (χ0) is 23.8. The molecule has 5 rings (SSSR count). The van der Waals surface area contributed by atoms with Crippen molar-refractivity contribution in [2.24, 2.45) is 0 Å². The lowest BCUT2D eigenvalue weighted by Gasteiger charge is -2.07. The van der Waals surface area contributed by atoms with Crippen LogP contribution in [0.3, 0.4) is 0 Å². The molecule has 0 aliphatic heterocycles. The topological polar surface area (TPSA) is 108 Å². The number of phenols is 1. The van der Waals surface area contributed by atoms with Gasteiger partial charge in [-0.25, -0.2) is 0 Å². The van der Waals surface area contributed by atoms with Crippen molar-refractivity contribution in [2.45, 2.75) is 13.8 Å². The maximum atomic E-state index is 13.1. The Kier molecular flexibility index (Phi) is 5.22. The number of nitrogens with one attached hydrogen (secondary N) is 2. The number of aromatic hydroxyl groups is 1. The SMILES string of the molecule is Cc1ccc(-c2cc(C(=O)Nc3c(C(=O)c4ccccc4)oc4ccccc34)[nH]n2)c(O)c1C. The number of aryl methyl sites for hydroxylation is 1. The van der Waals surface area contributed by atoms with Gasteiger partial charge in [-0.1, -0.05) is 48.5 Å². The van der Waals surface area contributed by atoms with Gasteiger partial charge in [-0.15, -0.1) is 0 Å². The number of hydrogen-bond donors (Lipinski definition) is 3. The third kappa shape index (κ3) is 3.63. The summed E-state index contributed by atoms with van der Waals surface area (Å²) in [6, 6.07) is 21.1. The van der Waals surface area contributed by atoms with Crippen LogP contribution in [0.15, 0.2) is 77.2 Å². The number of benzene rings is 3. The third-order valence-corrected chi connectivity index (χ3v) is 5.88. The van der Waals surface area contributed by atoms with E-state index in [0.29, 0.717) is 33.5 Å². The highest BCUT2D eigenvalue weighted by Gasteiger charge is 2.24. The van der Waals surface area contributed by atoms with Crippen molar-refractivity contribution in [3.05, 3.63) is 101 Å². The molecule has 7 heteroatoms. The summed E-state index contributed by atoms with van der Waals surface area (Å²) in [5.74, 6) is -0.657. The molecule has 0 atom stereocenters. The summed E-state index contributed by atoms with van der Waals surface area (Å²) in [5, 5.41) is 20.8. The maximum Gasteiger partial charge on any atom is 0.273 e. The molecule has 0 saturated carbocycles. The first-order valence-electron chi connectivity index (χ1n) is 10.7. The smallest absolute Gasteiger partial charge is 0.273 e. The van der Waals surface area contributed by atoms with Crippen molar-refractivity contribution in [3.63, 3.8) is 0 Å². The van der Waals surface area contributed by atoms with Crippen LogP contribution in [-0.2, 0) is 0 Å². The summed E-state index contributed by atoms with van der Waals surface area (Å²) in [4.78, 5) is 26.3. The van der Waals surface area contributed by atoms with E-state index < -0.39 is 5.91 Å². The van der Waals surface area contributed by atoms with Gasteiger partial charge in [-0.2, -0.15) is 5.10 Å². The van der Waals surface area contributed by atoms with Gasteiger partial charge in [-0.3, -0.25) is 14.7 Å². The number of phenolic OH excluding ortho intramolecular Hbond substituents is 1. The van der Waals surface area contributed by atoms with Crippen LogP contribution >= 0.6 is 0 Å². The van der Waals surface area contributed by atoms with Crippen LogP contribution in [-0.4, -0.2) is 27.0 Å². The molecule has 0 bridgehead atoms. The number of anilines is 1. The molecule has 0 spiro atoms. The number of nitrogens with zero attached hydrogens (tertiary/aromatic N) is 1. The van der Waals surface area contributed by atoms with Crippen LogP contribution < -0.4 is 5.32 Å². The highest BCUT2D eigenvalue weighted by molar-refractivity contribution is 6.18. The Labute approximate surface area is 195 Å². The van der Waals surface area contributed by atoms with Gasteiger partial charge in [-0.05, 0) is 49.2 Å². The number of hydrogen-bond acceptors (Lipinski definition) is 5. The molecule has 0 saturated heterocycles. The highest BCUT2D eigenvalue weighted by atomic mass is 16.3. The summed E-state index contributed by atoms with van der Waals surface area (Å²) in [6.07, 6.45) is 0. The lowest BCUT2D eigenvalue weighted by molar-refractivity contribution is 0.101. The number of fused-ring (bicyclic) bond motifs is 1. The van der Waals surface area contributed by atoms with E-state index in [9.17, 15) is 14.7 Å². The number of aromatic amines is 1. The number of amides is 1. The molecule has 3 aromatic carbocycles. The van der Waals surface area contributed by atoms with E-state index in [1.165, 1.54) is 0 Å². The molecule has 3 N–H and O–H groups in total. The van der Waals surface area contributed by atoms with E-state index in [1.807, 2.05) is 26.0 Å². The Hall–Kier alpha value is -4.65. The average molecular weight is 451 g/mol. The quantitative estimate of drug-likeness (QED) is 0.300. The van der Waals surface area contributed by atoms with Crippen LogP contribution in [0.2, 0.25) is 0 Å². The van der Waals surface area contributed by atoms with Crippen LogP contribution in [0.4, 0.5) is 5.69 Å². The molecule has 0 unspecified atom stereocenters. The first kappa shape index (κ1) is 21.2. The predicted octanol–water partition coefficient (Wildman–Crippen LogP) is 5.63. The fourth-order valence-electron chi connectivity index (χ4n) is 3.81. The largest absolute Gasteiger partial charge is 0.507 e. The Morgan fingerprint density at radius 1 is 0.971 bits per heavy atom. The third-order valence-electron chi connectivity index (χ3n) is 5.88. The maximum absolute atomic E-state index is 13.1. The molecular weight excluding hydrogens is 430 g/mol. The molecule has 0 radical (unpaired) electrons. The van der Waals surface area contributed by atoms with Crippen molar-refractivity contribution in [1.82, 2.24) is 10.2 Å². The van der Waals surface area contributed by atoms with Gasteiger partial charge in [0.2, 0.25) is 5.78 Å². The average Bonchev–Trinajstić information content (AvgIpc) is 3.48. The Bertz CT molecular complexity index is 1550. The first-order chi connectivity index (χ1) is 16.4. The first-order valence-corrected chi connectivity index (χ1v) is 10.7. The molecule has 1 amide bonds. The fraction of sp³-hybridized carbons (Fsp3) is 0.0741.